The number of hydrogen-bond acceptors (Lipinski definition) is 2. The topological polar surface area (TPSA) is 40.5 Å². The van der Waals surface area contributed by atoms with Gasteiger partial charge >= 0.3 is 5.97 Å². The standard InChI is InChI=1S/C10H20N2O2/c1-8-5-6-12(4,7-10(13)14)9(2)11(8)3/h8-9H,5-7H2,1-4H3/p+1. The van der Waals surface area contributed by atoms with Gasteiger partial charge in [-0.3, -0.25) is 4.90 Å². The first-order valence-corrected chi connectivity index (χ1v) is 5.15. The van der Waals surface area contributed by atoms with Crippen LogP contribution in [-0.4, -0.2) is 59.9 Å². The zero-order valence-electron chi connectivity index (χ0n) is 9.53. The van der Waals surface area contributed by atoms with Crippen LogP contribution in [0, 0.1) is 0 Å². The molecule has 1 aliphatic heterocycles. The molecule has 82 valence electrons. The van der Waals surface area contributed by atoms with Crippen LogP contribution in [0.4, 0.5) is 0 Å². The van der Waals surface area contributed by atoms with E-state index in [2.05, 4.69) is 25.8 Å². The second kappa shape index (κ2) is 3.87. The summed E-state index contributed by atoms with van der Waals surface area (Å²) in [5.74, 6) is -0.706. The van der Waals surface area contributed by atoms with Gasteiger partial charge in [-0.25, -0.2) is 4.79 Å². The molecule has 0 amide bonds. The van der Waals surface area contributed by atoms with E-state index in [4.69, 9.17) is 5.11 Å². The van der Waals surface area contributed by atoms with Crippen molar-refractivity contribution in [3.63, 3.8) is 0 Å². The number of nitrogens with zero attached hydrogens (tertiary/aromatic N) is 2. The predicted octanol–water partition coefficient (Wildman–Crippen LogP) is 0.588. The number of carbonyl (C=O) groups is 1. The number of aliphatic carboxylic acids is 1. The van der Waals surface area contributed by atoms with Crippen LogP contribution in [0.5, 0.6) is 0 Å². The van der Waals surface area contributed by atoms with Crippen molar-refractivity contribution >= 4 is 5.97 Å². The van der Waals surface area contributed by atoms with Crippen molar-refractivity contribution in [3.05, 3.63) is 0 Å². The molecular weight excluding hydrogens is 180 g/mol. The van der Waals surface area contributed by atoms with E-state index in [0.717, 1.165) is 13.0 Å². The summed E-state index contributed by atoms with van der Waals surface area (Å²) >= 11 is 0. The molecule has 4 heteroatoms. The number of carboxylic acids is 1. The Balaban J connectivity index is 2.74. The first-order chi connectivity index (χ1) is 6.37. The van der Waals surface area contributed by atoms with Gasteiger partial charge in [-0.05, 0) is 14.0 Å². The molecular formula is C10H21N2O2+. The van der Waals surface area contributed by atoms with Crippen LogP contribution in [0.3, 0.4) is 0 Å². The highest BCUT2D eigenvalue weighted by molar-refractivity contribution is 5.67. The zero-order valence-corrected chi connectivity index (χ0v) is 9.53. The average Bonchev–Trinajstić information content (AvgIpc) is 2.08. The Morgan fingerprint density at radius 1 is 1.57 bits per heavy atom. The van der Waals surface area contributed by atoms with E-state index in [1.807, 2.05) is 7.05 Å². The van der Waals surface area contributed by atoms with Crippen molar-refractivity contribution in [2.45, 2.75) is 32.5 Å². The Bertz CT molecular complexity index is 232. The first kappa shape index (κ1) is 11.5. The van der Waals surface area contributed by atoms with Crippen LogP contribution in [0.1, 0.15) is 20.3 Å². The molecule has 1 heterocycles. The molecule has 3 atom stereocenters. The molecule has 1 N–H and O–H groups in total. The Morgan fingerprint density at radius 3 is 2.64 bits per heavy atom. The summed E-state index contributed by atoms with van der Waals surface area (Å²) in [6, 6.07) is 0.560. The van der Waals surface area contributed by atoms with Crippen LogP contribution >= 0.6 is 0 Å². The minimum Gasteiger partial charge on any atom is -0.477 e. The third-order valence-corrected chi connectivity index (χ3v) is 3.74. The highest BCUT2D eigenvalue weighted by atomic mass is 16.4. The first-order valence-electron chi connectivity index (χ1n) is 5.15. The predicted molar refractivity (Wildman–Crippen MR) is 54.9 cm³/mol. The minimum absolute atomic E-state index is 0.220. The lowest BCUT2D eigenvalue weighted by Crippen LogP contribution is -2.65. The lowest BCUT2D eigenvalue weighted by Gasteiger charge is -2.49. The van der Waals surface area contributed by atoms with E-state index < -0.39 is 5.97 Å². The van der Waals surface area contributed by atoms with Gasteiger partial charge in [0.25, 0.3) is 0 Å². The Hall–Kier alpha value is -0.610. The van der Waals surface area contributed by atoms with Crippen LogP contribution in [-0.2, 0) is 4.79 Å². The van der Waals surface area contributed by atoms with Crippen molar-refractivity contribution in [1.29, 1.82) is 0 Å². The maximum Gasteiger partial charge on any atom is 0.359 e. The molecule has 0 spiro atoms. The van der Waals surface area contributed by atoms with Gasteiger partial charge in [0.1, 0.15) is 6.17 Å². The van der Waals surface area contributed by atoms with Crippen molar-refractivity contribution < 1.29 is 14.4 Å². The molecule has 0 radical (unpaired) electrons. The maximum absolute atomic E-state index is 10.8. The fourth-order valence-electron chi connectivity index (χ4n) is 2.20. The molecule has 1 fully saturated rings. The molecule has 1 rings (SSSR count). The Morgan fingerprint density at radius 2 is 2.14 bits per heavy atom. The summed E-state index contributed by atoms with van der Waals surface area (Å²) in [6.45, 7) is 5.48. The van der Waals surface area contributed by atoms with Crippen LogP contribution in [0.25, 0.3) is 0 Å². The third kappa shape index (κ3) is 2.07. The van der Waals surface area contributed by atoms with Crippen LogP contribution in [0.15, 0.2) is 0 Å². The van der Waals surface area contributed by atoms with Gasteiger partial charge in [-0.1, -0.05) is 0 Å². The Labute approximate surface area is 85.7 Å². The second-order valence-corrected chi connectivity index (χ2v) is 4.69. The SMILES string of the molecule is CC1CC[N+](C)(CC(=O)O)C(C)N1C. The van der Waals surface area contributed by atoms with E-state index in [-0.39, 0.29) is 12.7 Å². The zero-order chi connectivity index (χ0) is 10.9. The van der Waals surface area contributed by atoms with Gasteiger partial charge in [-0.15, -0.1) is 0 Å². The normalized spacial score (nSPS) is 39.7. The van der Waals surface area contributed by atoms with Crippen molar-refractivity contribution in [3.8, 4) is 0 Å². The number of hydrogen-bond donors (Lipinski definition) is 1. The molecule has 1 saturated heterocycles. The lowest BCUT2D eigenvalue weighted by molar-refractivity contribution is -0.942. The van der Waals surface area contributed by atoms with E-state index >= 15 is 0 Å². The monoisotopic (exact) mass is 201 g/mol. The van der Waals surface area contributed by atoms with Gasteiger partial charge in [0.05, 0.1) is 13.6 Å². The quantitative estimate of drug-likeness (QED) is 0.665. The van der Waals surface area contributed by atoms with E-state index in [1.54, 1.807) is 0 Å². The number of likely N-dealkylation sites (N-methyl/N-ethyl adjacent to an activating group) is 1. The molecule has 0 aromatic heterocycles. The Kier molecular flexibility index (Phi) is 3.17. The fourth-order valence-corrected chi connectivity index (χ4v) is 2.20. The van der Waals surface area contributed by atoms with E-state index in [9.17, 15) is 4.79 Å². The van der Waals surface area contributed by atoms with Crippen LogP contribution in [0.2, 0.25) is 0 Å². The maximum atomic E-state index is 10.8. The lowest BCUT2D eigenvalue weighted by atomic mass is 10.1. The van der Waals surface area contributed by atoms with Gasteiger partial charge in [0, 0.05) is 19.4 Å². The number of quaternary nitrogens is 1. The molecule has 0 bridgehead atoms. The highest BCUT2D eigenvalue weighted by Gasteiger charge is 2.40. The van der Waals surface area contributed by atoms with E-state index in [0.29, 0.717) is 10.5 Å². The molecule has 0 saturated carbocycles. The van der Waals surface area contributed by atoms with Gasteiger partial charge < -0.3 is 9.59 Å². The summed E-state index contributed by atoms with van der Waals surface area (Å²) in [5, 5.41) is 8.87. The molecule has 1 aliphatic rings. The molecule has 4 nitrogen and oxygen atoms in total. The van der Waals surface area contributed by atoms with E-state index in [1.165, 1.54) is 0 Å². The fraction of sp³-hybridized carbons (Fsp3) is 0.900. The smallest absolute Gasteiger partial charge is 0.359 e. The summed E-state index contributed by atoms with van der Waals surface area (Å²) < 4.78 is 0.621. The third-order valence-electron chi connectivity index (χ3n) is 3.74. The molecule has 0 aromatic rings. The molecule has 3 unspecified atom stereocenters. The summed E-state index contributed by atoms with van der Waals surface area (Å²) in [7, 11) is 4.11. The average molecular weight is 201 g/mol. The number of carboxylic acid groups (broad SMARTS) is 1. The van der Waals surface area contributed by atoms with Crippen molar-refractivity contribution in [1.82, 2.24) is 4.90 Å². The highest BCUT2D eigenvalue weighted by Crippen LogP contribution is 2.23. The molecule has 14 heavy (non-hydrogen) atoms. The molecule has 0 aromatic carbocycles. The van der Waals surface area contributed by atoms with Crippen LogP contribution < -0.4 is 0 Å². The van der Waals surface area contributed by atoms with Gasteiger partial charge in [0.15, 0.2) is 6.54 Å². The largest absolute Gasteiger partial charge is 0.477 e. The van der Waals surface area contributed by atoms with Crippen molar-refractivity contribution in [2.24, 2.45) is 0 Å². The van der Waals surface area contributed by atoms with Gasteiger partial charge in [0.2, 0.25) is 0 Å². The summed E-state index contributed by atoms with van der Waals surface area (Å²) in [5.41, 5.74) is 0. The summed E-state index contributed by atoms with van der Waals surface area (Å²) in [4.78, 5) is 13.0. The second-order valence-electron chi connectivity index (χ2n) is 4.69. The number of rotatable bonds is 2. The summed E-state index contributed by atoms with van der Waals surface area (Å²) in [6.07, 6.45) is 1.36. The van der Waals surface area contributed by atoms with Crippen molar-refractivity contribution in [2.75, 3.05) is 27.2 Å². The van der Waals surface area contributed by atoms with Gasteiger partial charge in [-0.2, -0.15) is 0 Å². The minimum atomic E-state index is -0.706. The molecule has 0 aliphatic carbocycles.